The summed E-state index contributed by atoms with van der Waals surface area (Å²) < 4.78 is 23.7. The summed E-state index contributed by atoms with van der Waals surface area (Å²) in [5, 5.41) is -0.697. The van der Waals surface area contributed by atoms with E-state index in [1.54, 1.807) is 24.3 Å². The fraction of sp³-hybridized carbons (Fsp3) is 0.182. The number of nitrogens with zero attached hydrogens (tertiary/aromatic N) is 1. The third-order valence-electron chi connectivity index (χ3n) is 2.17. The molecule has 4 heteroatoms. The highest BCUT2D eigenvalue weighted by Crippen LogP contribution is 2.15. The predicted octanol–water partition coefficient (Wildman–Crippen LogP) is 1.57. The van der Waals surface area contributed by atoms with Crippen LogP contribution in [0.25, 0.3) is 0 Å². The highest BCUT2D eigenvalue weighted by molar-refractivity contribution is 7.91. The molecule has 0 aliphatic carbocycles. The first-order valence-electron chi connectivity index (χ1n) is 4.64. The Labute approximate surface area is 89.1 Å². The first-order valence-corrected chi connectivity index (χ1v) is 6.35. The molecule has 0 spiro atoms. The fourth-order valence-electron chi connectivity index (χ4n) is 1.43. The Morgan fingerprint density at radius 1 is 1.20 bits per heavy atom. The minimum Gasteiger partial charge on any atom is -0.269 e. The van der Waals surface area contributed by atoms with Crippen LogP contribution in [0.3, 0.4) is 0 Å². The summed E-state index contributed by atoms with van der Waals surface area (Å²) in [7, 11) is -3.20. The van der Waals surface area contributed by atoms with E-state index >= 15 is 0 Å². The van der Waals surface area contributed by atoms with Gasteiger partial charge in [0.2, 0.25) is 0 Å². The predicted molar refractivity (Wildman–Crippen MR) is 60.5 cm³/mol. The maximum atomic E-state index is 11.8. The molecule has 78 valence electrons. The van der Waals surface area contributed by atoms with Crippen LogP contribution in [-0.2, 0) is 15.6 Å². The highest BCUT2D eigenvalue weighted by atomic mass is 32.2. The normalized spacial score (nSPS) is 19.6. The topological polar surface area (TPSA) is 46.5 Å². The third-order valence-corrected chi connectivity index (χ3v) is 3.92. The molecule has 1 aromatic rings. The molecule has 0 aromatic heterocycles. The number of aliphatic imine (C=N–C) groups is 1. The third kappa shape index (κ3) is 2.33. The van der Waals surface area contributed by atoms with Gasteiger partial charge in [0, 0.05) is 6.21 Å². The molecular formula is C11H11NO2S. The Balaban J connectivity index is 2.18. The zero-order valence-corrected chi connectivity index (χ0v) is 8.89. The Kier molecular flexibility index (Phi) is 2.68. The van der Waals surface area contributed by atoms with Crippen LogP contribution in [0.15, 0.2) is 47.5 Å². The number of allylic oxidation sites excluding steroid dienone is 1. The van der Waals surface area contributed by atoms with E-state index in [2.05, 4.69) is 4.99 Å². The van der Waals surface area contributed by atoms with Gasteiger partial charge in [-0.05, 0) is 17.7 Å². The zero-order valence-electron chi connectivity index (χ0n) is 8.08. The van der Waals surface area contributed by atoms with Crippen LogP contribution in [0, 0.1) is 0 Å². The van der Waals surface area contributed by atoms with Crippen LogP contribution >= 0.6 is 0 Å². The van der Waals surface area contributed by atoms with Crippen molar-refractivity contribution in [2.75, 3.05) is 0 Å². The lowest BCUT2D eigenvalue weighted by molar-refractivity contribution is 0.589. The van der Waals surface area contributed by atoms with Gasteiger partial charge in [-0.2, -0.15) is 0 Å². The summed E-state index contributed by atoms with van der Waals surface area (Å²) in [6.07, 6.45) is 4.78. The van der Waals surface area contributed by atoms with Crippen molar-refractivity contribution in [2.24, 2.45) is 4.99 Å². The maximum Gasteiger partial charge on any atom is 0.181 e. The lowest BCUT2D eigenvalue weighted by Gasteiger charge is -2.07. The molecule has 1 atom stereocenters. The van der Waals surface area contributed by atoms with Gasteiger partial charge < -0.3 is 0 Å². The molecule has 3 nitrogen and oxygen atoms in total. The largest absolute Gasteiger partial charge is 0.269 e. The molecule has 0 saturated carbocycles. The van der Waals surface area contributed by atoms with E-state index in [9.17, 15) is 8.42 Å². The minimum absolute atomic E-state index is 0.0419. The number of benzene rings is 1. The van der Waals surface area contributed by atoms with E-state index in [4.69, 9.17) is 0 Å². The van der Waals surface area contributed by atoms with Gasteiger partial charge in [-0.25, -0.2) is 8.42 Å². The van der Waals surface area contributed by atoms with E-state index in [1.807, 2.05) is 18.2 Å². The van der Waals surface area contributed by atoms with Gasteiger partial charge in [-0.3, -0.25) is 4.99 Å². The summed E-state index contributed by atoms with van der Waals surface area (Å²) in [6.45, 7) is 0. The van der Waals surface area contributed by atoms with Crippen LogP contribution in [0.1, 0.15) is 5.56 Å². The van der Waals surface area contributed by atoms with Crippen molar-refractivity contribution in [2.45, 2.75) is 11.1 Å². The average molecular weight is 221 g/mol. The number of hydrogen-bond acceptors (Lipinski definition) is 3. The second kappa shape index (κ2) is 3.98. The first kappa shape index (κ1) is 10.1. The van der Waals surface area contributed by atoms with Crippen molar-refractivity contribution in [3.05, 3.63) is 48.0 Å². The van der Waals surface area contributed by atoms with Crippen LogP contribution < -0.4 is 0 Å². The summed E-state index contributed by atoms with van der Waals surface area (Å²) in [5.74, 6) is 0.0419. The van der Waals surface area contributed by atoms with Crippen LogP contribution in [0.2, 0.25) is 0 Å². The molecule has 1 aliphatic rings. The fourth-order valence-corrected chi connectivity index (χ4v) is 2.85. The van der Waals surface area contributed by atoms with Gasteiger partial charge in [0.05, 0.1) is 5.75 Å². The second-order valence-electron chi connectivity index (χ2n) is 3.37. The summed E-state index contributed by atoms with van der Waals surface area (Å²) >= 11 is 0. The second-order valence-corrected chi connectivity index (χ2v) is 5.46. The molecule has 0 bridgehead atoms. The Morgan fingerprint density at radius 3 is 2.53 bits per heavy atom. The van der Waals surface area contributed by atoms with Crippen LogP contribution in [-0.4, -0.2) is 20.0 Å². The van der Waals surface area contributed by atoms with E-state index in [-0.39, 0.29) is 5.75 Å². The lowest BCUT2D eigenvalue weighted by Crippen LogP contribution is -2.17. The SMILES string of the molecule is O=S(=O)(Cc1ccccc1)C1C=CC=N1. The molecule has 0 radical (unpaired) electrons. The Morgan fingerprint density at radius 2 is 1.93 bits per heavy atom. The molecule has 1 heterocycles. The summed E-state index contributed by atoms with van der Waals surface area (Å²) in [4.78, 5) is 3.88. The molecular weight excluding hydrogens is 210 g/mol. The molecule has 1 aliphatic heterocycles. The van der Waals surface area contributed by atoms with Crippen molar-refractivity contribution in [3.8, 4) is 0 Å². The van der Waals surface area contributed by atoms with Gasteiger partial charge in [-0.1, -0.05) is 30.3 Å². The number of rotatable bonds is 3. The molecule has 2 rings (SSSR count). The molecule has 0 fully saturated rings. The number of hydrogen-bond donors (Lipinski definition) is 0. The standard InChI is InChI=1S/C11H11NO2S/c13-15(14,11-7-4-8-12-11)9-10-5-2-1-3-6-10/h1-8,11H,9H2. The monoisotopic (exact) mass is 221 g/mol. The molecule has 1 unspecified atom stereocenters. The van der Waals surface area contributed by atoms with E-state index in [0.29, 0.717) is 0 Å². The van der Waals surface area contributed by atoms with Gasteiger partial charge in [0.15, 0.2) is 15.2 Å². The van der Waals surface area contributed by atoms with E-state index < -0.39 is 15.2 Å². The van der Waals surface area contributed by atoms with Gasteiger partial charge >= 0.3 is 0 Å². The zero-order chi connectivity index (χ0) is 10.7. The highest BCUT2D eigenvalue weighted by Gasteiger charge is 2.23. The van der Waals surface area contributed by atoms with Crippen molar-refractivity contribution in [1.82, 2.24) is 0 Å². The number of sulfone groups is 1. The molecule has 0 saturated heterocycles. The van der Waals surface area contributed by atoms with Gasteiger partial charge in [-0.15, -0.1) is 0 Å². The van der Waals surface area contributed by atoms with Crippen molar-refractivity contribution >= 4 is 16.1 Å². The summed E-state index contributed by atoms with van der Waals surface area (Å²) in [6, 6.07) is 9.14. The van der Waals surface area contributed by atoms with E-state index in [0.717, 1.165) is 5.56 Å². The molecule has 0 amide bonds. The van der Waals surface area contributed by atoms with Crippen molar-refractivity contribution in [3.63, 3.8) is 0 Å². The smallest absolute Gasteiger partial charge is 0.181 e. The lowest BCUT2D eigenvalue weighted by atomic mass is 10.2. The average Bonchev–Trinajstić information content (AvgIpc) is 2.71. The Bertz CT molecular complexity index is 477. The van der Waals surface area contributed by atoms with E-state index in [1.165, 1.54) is 6.21 Å². The Hall–Kier alpha value is -1.42. The van der Waals surface area contributed by atoms with Gasteiger partial charge in [0.1, 0.15) is 0 Å². The first-order chi connectivity index (χ1) is 7.18. The molecule has 0 N–H and O–H groups in total. The van der Waals surface area contributed by atoms with Crippen molar-refractivity contribution < 1.29 is 8.42 Å². The quantitative estimate of drug-likeness (QED) is 0.777. The summed E-state index contributed by atoms with van der Waals surface area (Å²) in [5.41, 5.74) is 0.799. The van der Waals surface area contributed by atoms with Crippen molar-refractivity contribution in [1.29, 1.82) is 0 Å². The molecule has 15 heavy (non-hydrogen) atoms. The van der Waals surface area contributed by atoms with Gasteiger partial charge in [0.25, 0.3) is 0 Å². The minimum atomic E-state index is -3.20. The van der Waals surface area contributed by atoms with Crippen LogP contribution in [0.4, 0.5) is 0 Å². The maximum absolute atomic E-state index is 11.8. The van der Waals surface area contributed by atoms with Crippen LogP contribution in [0.5, 0.6) is 0 Å². The molecule has 1 aromatic carbocycles.